The maximum atomic E-state index is 14.0. The van der Waals surface area contributed by atoms with Crippen molar-refractivity contribution in [2.45, 2.75) is 11.7 Å². The lowest BCUT2D eigenvalue weighted by Crippen LogP contribution is -2.51. The lowest BCUT2D eigenvalue weighted by Gasteiger charge is -2.27. The number of carbonyl (C=O) groups excluding carboxylic acids is 4. The van der Waals surface area contributed by atoms with Crippen molar-refractivity contribution in [1.29, 1.82) is 0 Å². The molecule has 0 saturated carbocycles. The van der Waals surface area contributed by atoms with Crippen molar-refractivity contribution in [2.75, 3.05) is 11.7 Å². The number of imide groups is 1. The zero-order valence-corrected chi connectivity index (χ0v) is 19.2. The molecule has 4 aliphatic rings. The molecule has 2 amide bonds. The number of hydrogen-bond donors (Lipinski definition) is 0. The van der Waals surface area contributed by atoms with Gasteiger partial charge in [-0.2, -0.15) is 0 Å². The highest BCUT2D eigenvalue weighted by Crippen LogP contribution is 2.58. The Hall–Kier alpha value is -4.01. The van der Waals surface area contributed by atoms with Crippen molar-refractivity contribution >= 4 is 40.7 Å². The molecule has 3 atom stereocenters. The van der Waals surface area contributed by atoms with Crippen molar-refractivity contribution < 1.29 is 33.4 Å². The summed E-state index contributed by atoms with van der Waals surface area (Å²) < 4.78 is 17.0. The summed E-state index contributed by atoms with van der Waals surface area (Å²) in [5.41, 5.74) is -0.962. The zero-order valence-electron chi connectivity index (χ0n) is 18.5. The van der Waals surface area contributed by atoms with Gasteiger partial charge < -0.3 is 14.2 Å². The third-order valence-electron chi connectivity index (χ3n) is 7.33. The number of rotatable bonds is 2. The highest BCUT2D eigenvalue weighted by Gasteiger charge is 2.74. The number of hydrogen-bond acceptors (Lipinski definition) is 7. The molecule has 0 aromatic heterocycles. The molecule has 0 N–H and O–H groups in total. The first-order chi connectivity index (χ1) is 17.4. The van der Waals surface area contributed by atoms with Gasteiger partial charge in [0.05, 0.1) is 23.6 Å². The van der Waals surface area contributed by atoms with E-state index in [0.29, 0.717) is 22.1 Å². The van der Waals surface area contributed by atoms with E-state index in [1.54, 1.807) is 48.5 Å². The summed E-state index contributed by atoms with van der Waals surface area (Å²) in [6.45, 7) is 0.0305. The molecule has 2 saturated heterocycles. The van der Waals surface area contributed by atoms with Crippen LogP contribution in [0.3, 0.4) is 0 Å². The Labute approximate surface area is 209 Å². The van der Waals surface area contributed by atoms with E-state index >= 15 is 0 Å². The molecule has 3 aromatic rings. The van der Waals surface area contributed by atoms with Crippen molar-refractivity contribution in [3.05, 3.63) is 88.4 Å². The molecule has 7 rings (SSSR count). The van der Waals surface area contributed by atoms with Gasteiger partial charge in [-0.05, 0) is 29.8 Å². The van der Waals surface area contributed by atoms with Crippen molar-refractivity contribution in [3.63, 3.8) is 0 Å². The molecule has 178 valence electrons. The number of Topliss-reactive ketones (excluding diaryl/α,β-unsaturated/α-hetero) is 2. The second-order valence-corrected chi connectivity index (χ2v) is 9.52. The largest absolute Gasteiger partial charge is 0.454 e. The minimum Gasteiger partial charge on any atom is -0.454 e. The third kappa shape index (κ3) is 2.57. The van der Waals surface area contributed by atoms with Crippen LogP contribution in [-0.2, 0) is 14.3 Å². The molecular formula is C27H16ClNO7. The van der Waals surface area contributed by atoms with Crippen LogP contribution in [0.25, 0.3) is 0 Å². The fourth-order valence-electron chi connectivity index (χ4n) is 5.75. The molecule has 36 heavy (non-hydrogen) atoms. The standard InChI is InChI=1S/C27H16ClNO7/c28-14-7-5-13(6-8-14)22-20-21(27(36-22)23(30)16-3-1-2-4-17(16)24(27)31)26(33)29(25(20)32)15-9-10-18-19(11-15)35-12-34-18/h1-11,20-22H,12H2/t20-,21-,22+/m1/s1. The van der Waals surface area contributed by atoms with E-state index in [9.17, 15) is 19.2 Å². The number of halogens is 1. The Kier molecular flexibility index (Phi) is 4.29. The molecule has 0 bridgehead atoms. The first-order valence-electron chi connectivity index (χ1n) is 11.3. The minimum atomic E-state index is -2.13. The van der Waals surface area contributed by atoms with Gasteiger partial charge >= 0.3 is 0 Å². The topological polar surface area (TPSA) is 99.2 Å². The Morgan fingerprint density at radius 2 is 1.47 bits per heavy atom. The predicted octanol–water partition coefficient (Wildman–Crippen LogP) is 3.76. The van der Waals surface area contributed by atoms with Crippen LogP contribution in [0.2, 0.25) is 5.02 Å². The summed E-state index contributed by atoms with van der Waals surface area (Å²) in [5.74, 6) is -3.98. The fraction of sp³-hybridized carbons (Fsp3) is 0.185. The van der Waals surface area contributed by atoms with E-state index in [2.05, 4.69) is 0 Å². The molecule has 0 unspecified atom stereocenters. The van der Waals surface area contributed by atoms with Gasteiger partial charge in [0.25, 0.3) is 0 Å². The van der Waals surface area contributed by atoms with Crippen LogP contribution in [0, 0.1) is 11.8 Å². The maximum Gasteiger partial charge on any atom is 0.241 e. The second kappa shape index (κ2) is 7.25. The first kappa shape index (κ1) is 21.3. The van der Waals surface area contributed by atoms with E-state index < -0.39 is 46.9 Å². The molecule has 0 radical (unpaired) electrons. The van der Waals surface area contributed by atoms with Gasteiger partial charge in [-0.15, -0.1) is 0 Å². The van der Waals surface area contributed by atoms with E-state index in [4.69, 9.17) is 25.8 Å². The number of benzene rings is 3. The van der Waals surface area contributed by atoms with Crippen LogP contribution < -0.4 is 14.4 Å². The predicted molar refractivity (Wildman–Crippen MR) is 125 cm³/mol. The average Bonchev–Trinajstić information content (AvgIpc) is 3.61. The Morgan fingerprint density at radius 3 is 2.17 bits per heavy atom. The molecule has 1 spiro atoms. The van der Waals surface area contributed by atoms with Crippen LogP contribution in [0.15, 0.2) is 66.7 Å². The number of ether oxygens (including phenoxy) is 3. The van der Waals surface area contributed by atoms with Crippen molar-refractivity contribution in [2.24, 2.45) is 11.8 Å². The van der Waals surface area contributed by atoms with Crippen molar-refractivity contribution in [3.8, 4) is 11.5 Å². The van der Waals surface area contributed by atoms with E-state index in [-0.39, 0.29) is 23.6 Å². The molecule has 3 heterocycles. The molecule has 9 heteroatoms. The smallest absolute Gasteiger partial charge is 0.241 e. The van der Waals surface area contributed by atoms with Gasteiger partial charge in [-0.3, -0.25) is 19.2 Å². The summed E-state index contributed by atoms with van der Waals surface area (Å²) in [7, 11) is 0. The summed E-state index contributed by atoms with van der Waals surface area (Å²) in [4.78, 5) is 56.4. The van der Waals surface area contributed by atoms with Crippen LogP contribution in [0.5, 0.6) is 11.5 Å². The van der Waals surface area contributed by atoms with Crippen LogP contribution in [-0.4, -0.2) is 35.8 Å². The quantitative estimate of drug-likeness (QED) is 0.389. The minimum absolute atomic E-state index is 0.0305. The van der Waals surface area contributed by atoms with Crippen LogP contribution in [0.4, 0.5) is 5.69 Å². The summed E-state index contributed by atoms with van der Waals surface area (Å²) in [6.07, 6.45) is -1.01. The van der Waals surface area contributed by atoms with Gasteiger partial charge in [-0.1, -0.05) is 48.0 Å². The number of ketones is 2. The summed E-state index contributed by atoms with van der Waals surface area (Å²) in [5, 5.41) is 0.472. The SMILES string of the molecule is O=C1[C@H]2[C@H](c3ccc(Cl)cc3)OC3(C(=O)c4ccccc4C3=O)[C@H]2C(=O)N1c1ccc2c(c1)OCO2. The molecule has 1 aliphatic carbocycles. The average molecular weight is 502 g/mol. The third-order valence-corrected chi connectivity index (χ3v) is 7.58. The van der Waals surface area contributed by atoms with Gasteiger partial charge in [0.15, 0.2) is 11.5 Å². The van der Waals surface area contributed by atoms with E-state index in [0.717, 1.165) is 4.90 Å². The van der Waals surface area contributed by atoms with Crippen molar-refractivity contribution in [1.82, 2.24) is 0 Å². The summed E-state index contributed by atoms with van der Waals surface area (Å²) in [6, 6.07) is 17.7. The molecule has 3 aliphatic heterocycles. The number of amides is 2. The molecule has 2 fully saturated rings. The lowest BCUT2D eigenvalue weighted by atomic mass is 9.77. The van der Waals surface area contributed by atoms with E-state index in [1.807, 2.05) is 0 Å². The van der Waals surface area contributed by atoms with Gasteiger partial charge in [0, 0.05) is 22.2 Å². The van der Waals surface area contributed by atoms with Gasteiger partial charge in [0.1, 0.15) is 0 Å². The van der Waals surface area contributed by atoms with Crippen LogP contribution >= 0.6 is 11.6 Å². The fourth-order valence-corrected chi connectivity index (χ4v) is 5.88. The maximum absolute atomic E-state index is 14.0. The number of nitrogens with zero attached hydrogens (tertiary/aromatic N) is 1. The number of carbonyl (C=O) groups is 4. The summed E-state index contributed by atoms with van der Waals surface area (Å²) >= 11 is 6.06. The highest BCUT2D eigenvalue weighted by molar-refractivity contribution is 6.37. The Bertz CT molecular complexity index is 1480. The Morgan fingerprint density at radius 1 is 0.806 bits per heavy atom. The normalized spacial score (nSPS) is 25.1. The van der Waals surface area contributed by atoms with Gasteiger partial charge in [-0.25, -0.2) is 4.90 Å². The van der Waals surface area contributed by atoms with Crippen LogP contribution in [0.1, 0.15) is 32.4 Å². The molecule has 8 nitrogen and oxygen atoms in total. The second-order valence-electron chi connectivity index (χ2n) is 9.08. The number of fused-ring (bicyclic) bond motifs is 4. The monoisotopic (exact) mass is 501 g/mol. The number of anilines is 1. The molecule has 3 aromatic carbocycles. The Balaban J connectivity index is 1.40. The molecular weight excluding hydrogens is 486 g/mol. The van der Waals surface area contributed by atoms with Gasteiger partial charge in [0.2, 0.25) is 35.8 Å². The van der Waals surface area contributed by atoms with E-state index in [1.165, 1.54) is 18.2 Å². The lowest BCUT2D eigenvalue weighted by molar-refractivity contribution is -0.127. The first-order valence-corrected chi connectivity index (χ1v) is 11.7. The zero-order chi connectivity index (χ0) is 24.8. The highest BCUT2D eigenvalue weighted by atomic mass is 35.5.